The Bertz CT molecular complexity index is 238. The van der Waals surface area contributed by atoms with Crippen LogP contribution in [0.25, 0.3) is 0 Å². The molecular formula is C12H19FO2. The van der Waals surface area contributed by atoms with Crippen molar-refractivity contribution < 1.29 is 13.9 Å². The molecule has 0 aromatic carbocycles. The van der Waals surface area contributed by atoms with Gasteiger partial charge < -0.3 is 4.74 Å². The molecule has 2 atom stereocenters. The van der Waals surface area contributed by atoms with E-state index < -0.39 is 0 Å². The van der Waals surface area contributed by atoms with Crippen LogP contribution in [0.15, 0.2) is 12.2 Å². The molecule has 0 amide bonds. The minimum absolute atomic E-state index is 0.0363. The standard InChI is InChI=1S/C12H19FO2/c1-9(2)12(14)15-11-5-3-4-10(8-13)6-7-11/h10-11H,1,3-8H2,2H3. The van der Waals surface area contributed by atoms with Crippen LogP contribution in [0.3, 0.4) is 0 Å². The van der Waals surface area contributed by atoms with E-state index in [1.165, 1.54) is 0 Å². The number of rotatable bonds is 3. The molecule has 0 N–H and O–H groups in total. The smallest absolute Gasteiger partial charge is 0.333 e. The van der Waals surface area contributed by atoms with E-state index in [0.717, 1.165) is 32.1 Å². The molecule has 1 rings (SSSR count). The third-order valence-corrected chi connectivity index (χ3v) is 2.88. The lowest BCUT2D eigenvalue weighted by Gasteiger charge is -2.15. The van der Waals surface area contributed by atoms with Crippen LogP contribution in [-0.2, 0) is 9.53 Å². The second-order valence-electron chi connectivity index (χ2n) is 4.34. The zero-order valence-corrected chi connectivity index (χ0v) is 9.30. The van der Waals surface area contributed by atoms with Crippen molar-refractivity contribution in [3.05, 3.63) is 12.2 Å². The zero-order valence-electron chi connectivity index (χ0n) is 9.30. The molecule has 2 nitrogen and oxygen atoms in total. The van der Waals surface area contributed by atoms with Crippen LogP contribution >= 0.6 is 0 Å². The van der Waals surface area contributed by atoms with Gasteiger partial charge in [-0.25, -0.2) is 4.79 Å². The van der Waals surface area contributed by atoms with Gasteiger partial charge in [0.05, 0.1) is 6.67 Å². The molecule has 1 aliphatic rings. The predicted molar refractivity (Wildman–Crippen MR) is 57.2 cm³/mol. The van der Waals surface area contributed by atoms with Crippen LogP contribution in [0.5, 0.6) is 0 Å². The van der Waals surface area contributed by atoms with Crippen molar-refractivity contribution >= 4 is 5.97 Å². The summed E-state index contributed by atoms with van der Waals surface area (Å²) >= 11 is 0. The maximum Gasteiger partial charge on any atom is 0.333 e. The van der Waals surface area contributed by atoms with Gasteiger partial charge in [0.25, 0.3) is 0 Å². The average Bonchev–Trinajstić information content (AvgIpc) is 2.43. The summed E-state index contributed by atoms with van der Waals surface area (Å²) in [6.45, 7) is 4.93. The first-order valence-electron chi connectivity index (χ1n) is 5.56. The van der Waals surface area contributed by atoms with Gasteiger partial charge in [-0.1, -0.05) is 6.58 Å². The summed E-state index contributed by atoms with van der Waals surface area (Å²) < 4.78 is 17.7. The van der Waals surface area contributed by atoms with Crippen LogP contribution in [-0.4, -0.2) is 18.7 Å². The molecule has 0 aromatic heterocycles. The normalized spacial score (nSPS) is 26.8. The third kappa shape index (κ3) is 4.02. The van der Waals surface area contributed by atoms with Crippen molar-refractivity contribution in [2.24, 2.45) is 5.92 Å². The Morgan fingerprint density at radius 2 is 2.13 bits per heavy atom. The highest BCUT2D eigenvalue weighted by molar-refractivity contribution is 5.87. The topological polar surface area (TPSA) is 26.3 Å². The van der Waals surface area contributed by atoms with Crippen LogP contribution in [0.4, 0.5) is 4.39 Å². The van der Waals surface area contributed by atoms with Gasteiger partial charge in [-0.15, -0.1) is 0 Å². The molecule has 2 unspecified atom stereocenters. The fourth-order valence-electron chi connectivity index (χ4n) is 1.87. The highest BCUT2D eigenvalue weighted by Crippen LogP contribution is 2.25. The highest BCUT2D eigenvalue weighted by atomic mass is 19.1. The van der Waals surface area contributed by atoms with E-state index in [0.29, 0.717) is 5.57 Å². The minimum Gasteiger partial charge on any atom is -0.459 e. The van der Waals surface area contributed by atoms with Crippen LogP contribution < -0.4 is 0 Å². The zero-order chi connectivity index (χ0) is 11.3. The van der Waals surface area contributed by atoms with E-state index in [2.05, 4.69) is 6.58 Å². The number of halogens is 1. The van der Waals surface area contributed by atoms with E-state index in [1.54, 1.807) is 6.92 Å². The SMILES string of the molecule is C=C(C)C(=O)OC1CCCC(CF)CC1. The molecule has 0 saturated heterocycles. The molecule has 86 valence electrons. The Morgan fingerprint density at radius 3 is 2.73 bits per heavy atom. The van der Waals surface area contributed by atoms with Crippen LogP contribution in [0, 0.1) is 5.92 Å². The van der Waals surface area contributed by atoms with Gasteiger partial charge in [0, 0.05) is 5.57 Å². The summed E-state index contributed by atoms with van der Waals surface area (Å²) in [5.74, 6) is -0.155. The minimum atomic E-state index is -0.321. The molecule has 3 heteroatoms. The summed E-state index contributed by atoms with van der Waals surface area (Å²) in [6.07, 6.45) is 4.29. The lowest BCUT2D eigenvalue weighted by Crippen LogP contribution is -2.17. The van der Waals surface area contributed by atoms with E-state index >= 15 is 0 Å². The number of carbonyl (C=O) groups excluding carboxylic acids is 1. The van der Waals surface area contributed by atoms with Crippen molar-refractivity contribution in [2.45, 2.75) is 45.1 Å². The van der Waals surface area contributed by atoms with Gasteiger partial charge in [-0.2, -0.15) is 0 Å². The molecule has 0 radical (unpaired) electrons. The Kier molecular flexibility index (Phi) is 4.79. The monoisotopic (exact) mass is 214 g/mol. The number of ether oxygens (including phenoxy) is 1. The molecule has 0 aromatic rings. The lowest BCUT2D eigenvalue weighted by atomic mass is 10.0. The summed E-state index contributed by atoms with van der Waals surface area (Å²) in [6, 6.07) is 0. The third-order valence-electron chi connectivity index (χ3n) is 2.88. The molecule has 0 spiro atoms. The predicted octanol–water partition coefficient (Wildman–Crippen LogP) is 3.02. The van der Waals surface area contributed by atoms with Gasteiger partial charge in [-0.05, 0) is 44.9 Å². The van der Waals surface area contributed by atoms with Gasteiger partial charge >= 0.3 is 5.97 Å². The lowest BCUT2D eigenvalue weighted by molar-refractivity contribution is -0.144. The van der Waals surface area contributed by atoms with Crippen LogP contribution in [0.1, 0.15) is 39.0 Å². The van der Waals surface area contributed by atoms with Gasteiger partial charge in [0.2, 0.25) is 0 Å². The Morgan fingerprint density at radius 1 is 1.40 bits per heavy atom. The van der Waals surface area contributed by atoms with Crippen LogP contribution in [0.2, 0.25) is 0 Å². The van der Waals surface area contributed by atoms with E-state index in [4.69, 9.17) is 4.74 Å². The van der Waals surface area contributed by atoms with Gasteiger partial charge in [-0.3, -0.25) is 4.39 Å². The fourth-order valence-corrected chi connectivity index (χ4v) is 1.87. The molecule has 15 heavy (non-hydrogen) atoms. The Labute approximate surface area is 90.5 Å². The molecule has 0 heterocycles. The number of esters is 1. The van der Waals surface area contributed by atoms with Gasteiger partial charge in [0.1, 0.15) is 6.10 Å². The summed E-state index contributed by atoms with van der Waals surface area (Å²) in [5, 5.41) is 0. The fraction of sp³-hybridized carbons (Fsp3) is 0.750. The first kappa shape index (κ1) is 12.2. The highest BCUT2D eigenvalue weighted by Gasteiger charge is 2.21. The van der Waals surface area contributed by atoms with Crippen molar-refractivity contribution in [3.63, 3.8) is 0 Å². The summed E-state index contributed by atoms with van der Waals surface area (Å²) in [5.41, 5.74) is 0.432. The second-order valence-corrected chi connectivity index (χ2v) is 4.34. The number of hydrogen-bond acceptors (Lipinski definition) is 2. The Balaban J connectivity index is 2.37. The first-order valence-corrected chi connectivity index (χ1v) is 5.56. The number of carbonyl (C=O) groups is 1. The molecule has 1 fully saturated rings. The van der Waals surface area contributed by atoms with E-state index in [1.807, 2.05) is 0 Å². The molecule has 1 aliphatic carbocycles. The van der Waals surface area contributed by atoms with Crippen molar-refractivity contribution in [2.75, 3.05) is 6.67 Å². The quantitative estimate of drug-likeness (QED) is 0.410. The Hall–Kier alpha value is -0.860. The van der Waals surface area contributed by atoms with Crippen molar-refractivity contribution in [3.8, 4) is 0 Å². The van der Waals surface area contributed by atoms with Crippen molar-refractivity contribution in [1.29, 1.82) is 0 Å². The number of alkyl halides is 1. The molecule has 0 bridgehead atoms. The van der Waals surface area contributed by atoms with Gasteiger partial charge in [0.15, 0.2) is 0 Å². The number of hydrogen-bond donors (Lipinski definition) is 0. The second kappa shape index (κ2) is 5.89. The maximum atomic E-state index is 12.5. The van der Waals surface area contributed by atoms with Crippen molar-refractivity contribution in [1.82, 2.24) is 0 Å². The molecule has 1 saturated carbocycles. The molecule has 0 aliphatic heterocycles. The van der Waals surface area contributed by atoms with E-state index in [-0.39, 0.29) is 24.7 Å². The summed E-state index contributed by atoms with van der Waals surface area (Å²) in [4.78, 5) is 11.3. The first-order chi connectivity index (χ1) is 7.13. The maximum absolute atomic E-state index is 12.5. The molecular weight excluding hydrogens is 195 g/mol. The summed E-state index contributed by atoms with van der Waals surface area (Å²) in [7, 11) is 0. The van der Waals surface area contributed by atoms with E-state index in [9.17, 15) is 9.18 Å². The largest absolute Gasteiger partial charge is 0.459 e. The average molecular weight is 214 g/mol.